The zero-order chi connectivity index (χ0) is 8.55. The molecule has 0 aliphatic heterocycles. The molecule has 0 fully saturated rings. The predicted octanol–water partition coefficient (Wildman–Crippen LogP) is -0.0503. The van der Waals surface area contributed by atoms with E-state index in [2.05, 4.69) is 15.1 Å². The van der Waals surface area contributed by atoms with Gasteiger partial charge in [0.1, 0.15) is 6.33 Å². The Hall–Kier alpha value is -1.69. The highest BCUT2D eigenvalue weighted by Gasteiger charge is 2.04. The van der Waals surface area contributed by atoms with Crippen LogP contribution < -0.4 is 5.06 Å². The standard InChI is InChI=1S/C6H7N5O/c1-10(12)5-2-3-7-6-8-4-9-11(5)6/h2-4,12H,1H3. The van der Waals surface area contributed by atoms with Crippen LogP contribution in [0.2, 0.25) is 0 Å². The van der Waals surface area contributed by atoms with E-state index >= 15 is 0 Å². The van der Waals surface area contributed by atoms with Gasteiger partial charge in [-0.3, -0.25) is 5.21 Å². The van der Waals surface area contributed by atoms with Gasteiger partial charge in [-0.25, -0.2) is 10.0 Å². The van der Waals surface area contributed by atoms with Crippen molar-refractivity contribution in [1.29, 1.82) is 0 Å². The van der Waals surface area contributed by atoms with E-state index in [1.165, 1.54) is 17.9 Å². The summed E-state index contributed by atoms with van der Waals surface area (Å²) in [6, 6.07) is 1.64. The van der Waals surface area contributed by atoms with Crippen LogP contribution in [0.3, 0.4) is 0 Å². The van der Waals surface area contributed by atoms with Crippen LogP contribution in [0.1, 0.15) is 0 Å². The summed E-state index contributed by atoms with van der Waals surface area (Å²) in [5.74, 6) is 0.992. The number of aromatic nitrogens is 4. The molecule has 0 unspecified atom stereocenters. The average Bonchev–Trinajstić information content (AvgIpc) is 2.49. The highest BCUT2D eigenvalue weighted by atomic mass is 16.5. The topological polar surface area (TPSA) is 66.5 Å². The van der Waals surface area contributed by atoms with Crippen LogP contribution in [0.5, 0.6) is 0 Å². The minimum absolute atomic E-state index is 0.466. The van der Waals surface area contributed by atoms with Crippen molar-refractivity contribution in [3.63, 3.8) is 0 Å². The molecule has 62 valence electrons. The fourth-order valence-electron chi connectivity index (χ4n) is 0.971. The van der Waals surface area contributed by atoms with E-state index < -0.39 is 0 Å². The molecule has 6 heteroatoms. The van der Waals surface area contributed by atoms with Crippen LogP contribution in [-0.2, 0) is 0 Å². The number of nitrogens with zero attached hydrogens (tertiary/aromatic N) is 5. The van der Waals surface area contributed by atoms with Gasteiger partial charge in [0.2, 0.25) is 0 Å². The Morgan fingerprint density at radius 1 is 1.50 bits per heavy atom. The van der Waals surface area contributed by atoms with E-state index in [1.54, 1.807) is 12.3 Å². The lowest BCUT2D eigenvalue weighted by Gasteiger charge is -2.09. The molecule has 0 bridgehead atoms. The lowest BCUT2D eigenvalue weighted by molar-refractivity contribution is 0.274. The first-order valence-electron chi connectivity index (χ1n) is 3.36. The highest BCUT2D eigenvalue weighted by molar-refractivity contribution is 5.41. The molecule has 2 aromatic rings. The summed E-state index contributed by atoms with van der Waals surface area (Å²) in [7, 11) is 1.51. The van der Waals surface area contributed by atoms with Crippen LogP contribution in [0.4, 0.5) is 5.82 Å². The molecule has 0 aliphatic rings. The summed E-state index contributed by atoms with van der Waals surface area (Å²) in [6.45, 7) is 0. The molecule has 0 radical (unpaired) electrons. The molecule has 12 heavy (non-hydrogen) atoms. The molecule has 2 heterocycles. The summed E-state index contributed by atoms with van der Waals surface area (Å²) in [5.41, 5.74) is 0. The molecule has 0 saturated heterocycles. The molecule has 2 rings (SSSR count). The van der Waals surface area contributed by atoms with Crippen LogP contribution in [0.15, 0.2) is 18.6 Å². The minimum atomic E-state index is 0.466. The first-order chi connectivity index (χ1) is 5.79. The second-order valence-electron chi connectivity index (χ2n) is 2.30. The summed E-state index contributed by atoms with van der Waals surface area (Å²) in [4.78, 5) is 7.80. The number of fused-ring (bicyclic) bond motifs is 1. The molecule has 0 aliphatic carbocycles. The molecule has 0 atom stereocenters. The fraction of sp³-hybridized carbons (Fsp3) is 0.167. The van der Waals surface area contributed by atoms with Gasteiger partial charge in [-0.05, 0) is 0 Å². The first kappa shape index (κ1) is 6.99. The third-order valence-electron chi connectivity index (χ3n) is 1.49. The third kappa shape index (κ3) is 0.892. The van der Waals surface area contributed by atoms with Crippen molar-refractivity contribution in [2.45, 2.75) is 0 Å². The van der Waals surface area contributed by atoms with Crippen molar-refractivity contribution >= 4 is 11.6 Å². The normalized spacial score (nSPS) is 10.5. The molecule has 0 aromatic carbocycles. The van der Waals surface area contributed by atoms with Crippen molar-refractivity contribution in [3.8, 4) is 0 Å². The van der Waals surface area contributed by atoms with Crippen LogP contribution >= 0.6 is 0 Å². The van der Waals surface area contributed by atoms with E-state index in [-0.39, 0.29) is 0 Å². The molecular weight excluding hydrogens is 158 g/mol. The van der Waals surface area contributed by atoms with E-state index in [1.807, 2.05) is 0 Å². The van der Waals surface area contributed by atoms with Crippen LogP contribution in [0, 0.1) is 0 Å². The van der Waals surface area contributed by atoms with E-state index in [0.29, 0.717) is 11.6 Å². The monoisotopic (exact) mass is 165 g/mol. The largest absolute Gasteiger partial charge is 0.287 e. The first-order valence-corrected chi connectivity index (χ1v) is 3.36. The van der Waals surface area contributed by atoms with Gasteiger partial charge in [0.15, 0.2) is 5.82 Å². The lowest BCUT2D eigenvalue weighted by atomic mass is 10.6. The van der Waals surface area contributed by atoms with Crippen LogP contribution in [0.25, 0.3) is 5.78 Å². The Labute approximate surface area is 68.1 Å². The van der Waals surface area contributed by atoms with Gasteiger partial charge in [0, 0.05) is 19.3 Å². The van der Waals surface area contributed by atoms with E-state index in [0.717, 1.165) is 5.06 Å². The fourth-order valence-corrected chi connectivity index (χ4v) is 0.971. The minimum Gasteiger partial charge on any atom is -0.287 e. The predicted molar refractivity (Wildman–Crippen MR) is 41.0 cm³/mol. The number of anilines is 1. The zero-order valence-corrected chi connectivity index (χ0v) is 6.42. The summed E-state index contributed by atoms with van der Waals surface area (Å²) in [5, 5.41) is 14.0. The number of rotatable bonds is 1. The molecule has 0 amide bonds. The maximum absolute atomic E-state index is 9.16. The second kappa shape index (κ2) is 2.42. The van der Waals surface area contributed by atoms with Crippen molar-refractivity contribution in [2.24, 2.45) is 0 Å². The van der Waals surface area contributed by atoms with Crippen molar-refractivity contribution in [2.75, 3.05) is 12.1 Å². The Morgan fingerprint density at radius 3 is 3.08 bits per heavy atom. The molecule has 0 saturated carbocycles. The third-order valence-corrected chi connectivity index (χ3v) is 1.49. The van der Waals surface area contributed by atoms with Crippen LogP contribution in [-0.4, -0.2) is 31.8 Å². The maximum atomic E-state index is 9.16. The quantitative estimate of drug-likeness (QED) is 0.600. The SMILES string of the molecule is CN(O)c1ccnc2ncnn12. The van der Waals surface area contributed by atoms with Crippen molar-refractivity contribution in [1.82, 2.24) is 19.6 Å². The second-order valence-corrected chi connectivity index (χ2v) is 2.30. The number of hydrogen-bond donors (Lipinski definition) is 1. The summed E-state index contributed by atoms with van der Waals surface area (Å²) < 4.78 is 1.44. The van der Waals surface area contributed by atoms with Gasteiger partial charge in [0.05, 0.1) is 0 Å². The van der Waals surface area contributed by atoms with Gasteiger partial charge in [-0.1, -0.05) is 0 Å². The van der Waals surface area contributed by atoms with Gasteiger partial charge in [0.25, 0.3) is 5.78 Å². The Balaban J connectivity index is 2.73. The van der Waals surface area contributed by atoms with E-state index in [4.69, 9.17) is 5.21 Å². The van der Waals surface area contributed by atoms with Crippen molar-refractivity contribution < 1.29 is 5.21 Å². The molecular formula is C6H7N5O. The number of hydroxylamine groups is 1. The lowest BCUT2D eigenvalue weighted by Crippen LogP contribution is -2.14. The molecule has 2 aromatic heterocycles. The molecule has 1 N–H and O–H groups in total. The highest BCUT2D eigenvalue weighted by Crippen LogP contribution is 2.08. The zero-order valence-electron chi connectivity index (χ0n) is 6.42. The molecule has 0 spiro atoms. The Morgan fingerprint density at radius 2 is 2.33 bits per heavy atom. The Kier molecular flexibility index (Phi) is 1.41. The summed E-state index contributed by atoms with van der Waals surface area (Å²) >= 11 is 0. The van der Waals surface area contributed by atoms with Gasteiger partial charge in [-0.2, -0.15) is 14.6 Å². The number of hydrogen-bond acceptors (Lipinski definition) is 5. The average molecular weight is 165 g/mol. The molecule has 6 nitrogen and oxygen atoms in total. The van der Waals surface area contributed by atoms with Gasteiger partial charge < -0.3 is 0 Å². The van der Waals surface area contributed by atoms with Gasteiger partial charge in [-0.15, -0.1) is 0 Å². The smallest absolute Gasteiger partial charge is 0.254 e. The Bertz CT molecular complexity index is 395. The van der Waals surface area contributed by atoms with Crippen molar-refractivity contribution in [3.05, 3.63) is 18.6 Å². The van der Waals surface area contributed by atoms with Gasteiger partial charge >= 0.3 is 0 Å². The maximum Gasteiger partial charge on any atom is 0.254 e. The van der Waals surface area contributed by atoms with E-state index in [9.17, 15) is 0 Å². The summed E-state index contributed by atoms with van der Waals surface area (Å²) in [6.07, 6.45) is 2.95.